The third kappa shape index (κ3) is 6.35. The highest BCUT2D eigenvalue weighted by Gasteiger charge is 2.46. The third-order valence-electron chi connectivity index (χ3n) is 7.90. The van der Waals surface area contributed by atoms with Gasteiger partial charge in [0.2, 0.25) is 17.9 Å². The molecule has 0 bridgehead atoms. The van der Waals surface area contributed by atoms with E-state index in [2.05, 4.69) is 20.4 Å². The van der Waals surface area contributed by atoms with Crippen LogP contribution < -0.4 is 20.7 Å². The number of nitrogens with zero attached hydrogens (tertiary/aromatic N) is 5. The minimum atomic E-state index is -4.79. The average molecular weight is 586 g/mol. The smallest absolute Gasteiger partial charge is 0.429 e. The second-order valence-electron chi connectivity index (χ2n) is 11.0. The van der Waals surface area contributed by atoms with Gasteiger partial charge in [-0.25, -0.2) is 4.68 Å². The lowest BCUT2D eigenvalue weighted by Gasteiger charge is -2.39. The molecule has 10 nitrogen and oxygen atoms in total. The van der Waals surface area contributed by atoms with Crippen molar-refractivity contribution in [3.63, 3.8) is 0 Å². The van der Waals surface area contributed by atoms with Gasteiger partial charge >= 0.3 is 12.1 Å². The van der Waals surface area contributed by atoms with Gasteiger partial charge in [-0.2, -0.15) is 28.2 Å². The lowest BCUT2D eigenvalue weighted by molar-refractivity contribution is -0.198. The summed E-state index contributed by atoms with van der Waals surface area (Å²) >= 11 is 0. The van der Waals surface area contributed by atoms with Crippen molar-refractivity contribution >= 4 is 23.8 Å². The number of anilines is 2. The summed E-state index contributed by atoms with van der Waals surface area (Å²) in [5.41, 5.74) is 7.17. The first kappa shape index (κ1) is 29.4. The Morgan fingerprint density at radius 3 is 2.64 bits per heavy atom. The number of halogens is 3. The summed E-state index contributed by atoms with van der Waals surface area (Å²) in [4.78, 5) is 21.6. The van der Waals surface area contributed by atoms with Crippen LogP contribution in [-0.2, 0) is 4.79 Å². The summed E-state index contributed by atoms with van der Waals surface area (Å²) in [6.07, 6.45) is 0.751. The number of aryl methyl sites for hydroxylation is 1. The van der Waals surface area contributed by atoms with Gasteiger partial charge in [0.05, 0.1) is 11.4 Å². The Morgan fingerprint density at radius 1 is 1.26 bits per heavy atom. The number of carbonyl (C=O) groups is 1. The molecule has 2 aliphatic heterocycles. The number of hydrogen-bond donors (Lipinski definition) is 3. The summed E-state index contributed by atoms with van der Waals surface area (Å²) in [6, 6.07) is 7.29. The predicted octanol–water partition coefficient (Wildman–Crippen LogP) is 4.69. The van der Waals surface area contributed by atoms with Gasteiger partial charge in [0, 0.05) is 37.5 Å². The molecule has 224 valence electrons. The summed E-state index contributed by atoms with van der Waals surface area (Å²) < 4.78 is 51.1. The number of nitrogens with two attached hydrogens (primary N) is 1. The SMILES string of the molecule is CC/C=C/c1ccc(-n2ccc(C)n2)c(C(Oc2cc(N3CCC4(CC3)CN[C@H](C(=O)O)C4)nc(N)n2)C(F)(F)F)c1. The molecule has 0 amide bonds. The van der Waals surface area contributed by atoms with Crippen molar-refractivity contribution in [2.75, 3.05) is 30.3 Å². The highest BCUT2D eigenvalue weighted by molar-refractivity contribution is 5.74. The number of benzene rings is 1. The number of aromatic nitrogens is 4. The summed E-state index contributed by atoms with van der Waals surface area (Å²) in [5.74, 6) is -1.02. The van der Waals surface area contributed by atoms with E-state index < -0.39 is 24.3 Å². The Kier molecular flexibility index (Phi) is 8.13. The number of nitrogens with one attached hydrogen (secondary N) is 1. The molecular formula is C29H34F3N7O3. The standard InChI is InChI=1S/C29H34F3N7O3/c1-3-4-5-19-6-7-22(39-11-8-18(2)37-39)20(14-19)25(29(30,31)32)42-24-15-23(35-27(33)36-24)38-12-9-28(10-13-38)16-21(26(40)41)34-17-28/h4-8,11,14-15,21,25,34H,3,9-10,12-13,16-17H2,1-2H3,(H,40,41)(H2,33,35,36)/b5-4+/t21-,25?/m0/s1. The van der Waals surface area contributed by atoms with Crippen LogP contribution in [0.5, 0.6) is 5.88 Å². The normalized spacial score (nSPS) is 19.5. The molecule has 0 saturated carbocycles. The molecule has 2 aliphatic rings. The molecule has 13 heteroatoms. The quantitative estimate of drug-likeness (QED) is 0.345. The molecule has 3 aromatic rings. The van der Waals surface area contributed by atoms with Crippen LogP contribution in [0.1, 0.15) is 55.5 Å². The van der Waals surface area contributed by atoms with E-state index in [-0.39, 0.29) is 28.5 Å². The zero-order valence-electron chi connectivity index (χ0n) is 23.4. The van der Waals surface area contributed by atoms with E-state index in [0.29, 0.717) is 56.0 Å². The zero-order chi connectivity index (χ0) is 30.1. The minimum absolute atomic E-state index is 0.121. The van der Waals surface area contributed by atoms with E-state index >= 15 is 0 Å². The number of aliphatic carboxylic acids is 1. The number of nitrogen functional groups attached to an aromatic ring is 1. The first-order valence-electron chi connectivity index (χ1n) is 13.9. The van der Waals surface area contributed by atoms with Gasteiger partial charge in [-0.15, -0.1) is 0 Å². The van der Waals surface area contributed by atoms with E-state index in [4.69, 9.17) is 10.5 Å². The van der Waals surface area contributed by atoms with Crippen LogP contribution >= 0.6 is 0 Å². The first-order valence-corrected chi connectivity index (χ1v) is 13.9. The maximum absolute atomic E-state index is 14.7. The molecule has 5 rings (SSSR count). The van der Waals surface area contributed by atoms with Crippen molar-refractivity contribution in [2.24, 2.45) is 5.41 Å². The lowest BCUT2D eigenvalue weighted by Crippen LogP contribution is -2.41. The highest BCUT2D eigenvalue weighted by Crippen LogP contribution is 2.42. The Labute approximate surface area is 241 Å². The molecule has 4 N–H and O–H groups in total. The lowest BCUT2D eigenvalue weighted by atomic mass is 9.76. The Morgan fingerprint density at radius 2 is 2.02 bits per heavy atom. The molecule has 4 heterocycles. The highest BCUT2D eigenvalue weighted by atomic mass is 19.4. The van der Waals surface area contributed by atoms with Gasteiger partial charge in [-0.3, -0.25) is 4.79 Å². The molecule has 1 unspecified atom stereocenters. The van der Waals surface area contributed by atoms with Crippen molar-refractivity contribution in [3.05, 3.63) is 59.4 Å². The van der Waals surface area contributed by atoms with Crippen molar-refractivity contribution < 1.29 is 27.8 Å². The average Bonchev–Trinajstić information content (AvgIpc) is 3.56. The molecule has 0 radical (unpaired) electrons. The van der Waals surface area contributed by atoms with E-state index in [1.807, 2.05) is 17.9 Å². The maximum atomic E-state index is 14.7. The van der Waals surface area contributed by atoms with Crippen molar-refractivity contribution in [2.45, 2.75) is 57.9 Å². The molecular weight excluding hydrogens is 551 g/mol. The van der Waals surface area contributed by atoms with Crippen molar-refractivity contribution in [3.8, 4) is 11.6 Å². The van der Waals surface area contributed by atoms with Crippen LogP contribution in [-0.4, -0.2) is 62.7 Å². The summed E-state index contributed by atoms with van der Waals surface area (Å²) in [6.45, 7) is 5.39. The van der Waals surface area contributed by atoms with E-state index in [1.165, 1.54) is 16.8 Å². The minimum Gasteiger partial charge on any atom is -0.480 e. The molecule has 2 aromatic heterocycles. The molecule has 1 aromatic carbocycles. The van der Waals surface area contributed by atoms with Gasteiger partial charge < -0.3 is 25.8 Å². The number of carboxylic acids is 1. The fraction of sp³-hybridized carbons (Fsp3) is 0.448. The molecule has 2 saturated heterocycles. The van der Waals surface area contributed by atoms with Gasteiger partial charge in [0.15, 0.2) is 0 Å². The molecule has 0 aliphatic carbocycles. The van der Waals surface area contributed by atoms with E-state index in [1.54, 1.807) is 37.4 Å². The Bertz CT molecular complexity index is 1460. The van der Waals surface area contributed by atoms with Crippen molar-refractivity contribution in [1.29, 1.82) is 0 Å². The number of rotatable bonds is 8. The topological polar surface area (TPSA) is 131 Å². The fourth-order valence-corrected chi connectivity index (χ4v) is 5.66. The summed E-state index contributed by atoms with van der Waals surface area (Å²) in [5, 5.41) is 16.8. The van der Waals surface area contributed by atoms with Crippen LogP contribution in [0.3, 0.4) is 0 Å². The van der Waals surface area contributed by atoms with E-state index in [9.17, 15) is 23.1 Å². The van der Waals surface area contributed by atoms with Crippen LogP contribution in [0.2, 0.25) is 0 Å². The van der Waals surface area contributed by atoms with Gasteiger partial charge in [-0.1, -0.05) is 25.1 Å². The monoisotopic (exact) mass is 585 g/mol. The summed E-state index contributed by atoms with van der Waals surface area (Å²) in [7, 11) is 0. The number of alkyl halides is 3. The second kappa shape index (κ2) is 11.6. The molecule has 42 heavy (non-hydrogen) atoms. The van der Waals surface area contributed by atoms with Crippen molar-refractivity contribution in [1.82, 2.24) is 25.1 Å². The number of ether oxygens (including phenoxy) is 1. The number of hydrogen-bond acceptors (Lipinski definition) is 8. The number of piperidine rings is 1. The van der Waals surface area contributed by atoms with Crippen LogP contribution in [0, 0.1) is 12.3 Å². The third-order valence-corrected chi connectivity index (χ3v) is 7.90. The van der Waals surface area contributed by atoms with Crippen LogP contribution in [0.15, 0.2) is 42.6 Å². The predicted molar refractivity (Wildman–Crippen MR) is 151 cm³/mol. The Balaban J connectivity index is 1.44. The Hall–Kier alpha value is -4.13. The number of carboxylic acid groups (broad SMARTS) is 1. The van der Waals surface area contributed by atoms with Gasteiger partial charge in [-0.05, 0) is 61.8 Å². The fourth-order valence-electron chi connectivity index (χ4n) is 5.66. The largest absolute Gasteiger partial charge is 0.480 e. The molecule has 2 fully saturated rings. The zero-order valence-corrected chi connectivity index (χ0v) is 23.4. The molecule has 2 atom stereocenters. The van der Waals surface area contributed by atoms with Gasteiger partial charge in [0.1, 0.15) is 11.9 Å². The second-order valence-corrected chi connectivity index (χ2v) is 11.0. The van der Waals surface area contributed by atoms with Crippen LogP contribution in [0.4, 0.5) is 24.9 Å². The maximum Gasteiger partial charge on any atom is 0.429 e. The van der Waals surface area contributed by atoms with Crippen LogP contribution in [0.25, 0.3) is 11.8 Å². The number of allylic oxidation sites excluding steroid dienone is 1. The molecule has 1 spiro atoms. The van der Waals surface area contributed by atoms with E-state index in [0.717, 1.165) is 6.42 Å². The van der Waals surface area contributed by atoms with Gasteiger partial charge in [0.25, 0.3) is 0 Å². The first-order chi connectivity index (χ1) is 20.0.